The van der Waals surface area contributed by atoms with E-state index in [1.807, 2.05) is 40.8 Å². The predicted octanol–water partition coefficient (Wildman–Crippen LogP) is 2.25. The molecule has 0 spiro atoms. The van der Waals surface area contributed by atoms with Gasteiger partial charge in [-0.05, 0) is 58.4 Å². The van der Waals surface area contributed by atoms with Gasteiger partial charge in [0.25, 0.3) is 0 Å². The van der Waals surface area contributed by atoms with E-state index in [4.69, 9.17) is 9.31 Å². The minimum Gasteiger partial charge on any atom is -0.399 e. The molecule has 0 saturated carbocycles. The van der Waals surface area contributed by atoms with Crippen LogP contribution < -0.4 is 10.2 Å². The second-order valence-corrected chi connectivity index (χ2v) is 9.82. The third kappa shape index (κ3) is 4.17. The molecule has 1 aromatic heterocycles. The highest BCUT2D eigenvalue weighted by atomic mass is 32.2. The van der Waals surface area contributed by atoms with Crippen molar-refractivity contribution in [2.75, 3.05) is 6.54 Å². The lowest BCUT2D eigenvalue weighted by atomic mass is 9.82. The average Bonchev–Trinajstić information content (AvgIpc) is 3.18. The van der Waals surface area contributed by atoms with Gasteiger partial charge >= 0.3 is 7.12 Å². The van der Waals surface area contributed by atoms with E-state index < -0.39 is 28.3 Å². The number of nitrogens with zero attached hydrogens (tertiary/aromatic N) is 2. The maximum atomic E-state index is 12.3. The second kappa shape index (κ2) is 7.63. The molecule has 1 aromatic carbocycles. The monoisotopic (exact) mass is 405 g/mol. The number of rotatable bonds is 7. The molecular formula is C19H28BN3O4S. The second-order valence-electron chi connectivity index (χ2n) is 8.05. The Morgan fingerprint density at radius 2 is 1.71 bits per heavy atom. The molecule has 1 N–H and O–H groups in total. The quantitative estimate of drug-likeness (QED) is 0.565. The summed E-state index contributed by atoms with van der Waals surface area (Å²) in [5.74, 6) is 0. The molecule has 9 heteroatoms. The lowest BCUT2D eigenvalue weighted by Crippen LogP contribution is -2.41. The van der Waals surface area contributed by atoms with Gasteiger partial charge in [0.15, 0.2) is 0 Å². The third-order valence-electron chi connectivity index (χ3n) is 5.36. The van der Waals surface area contributed by atoms with Gasteiger partial charge < -0.3 is 9.31 Å². The molecule has 2 aromatic rings. The molecule has 152 valence electrons. The minimum absolute atomic E-state index is 0.241. The van der Waals surface area contributed by atoms with Gasteiger partial charge in [-0.2, -0.15) is 5.10 Å². The molecule has 0 bridgehead atoms. The Kier molecular flexibility index (Phi) is 5.73. The van der Waals surface area contributed by atoms with Crippen LogP contribution >= 0.6 is 0 Å². The zero-order valence-corrected chi connectivity index (χ0v) is 17.9. The Balaban J connectivity index is 1.74. The maximum absolute atomic E-state index is 12.3. The van der Waals surface area contributed by atoms with Gasteiger partial charge in [0.05, 0.1) is 21.8 Å². The zero-order valence-electron chi connectivity index (χ0n) is 17.1. The van der Waals surface area contributed by atoms with Crippen molar-refractivity contribution in [2.24, 2.45) is 0 Å². The first kappa shape index (κ1) is 21.0. The van der Waals surface area contributed by atoms with Gasteiger partial charge in [-0.1, -0.05) is 13.3 Å². The van der Waals surface area contributed by atoms with Crippen LogP contribution in [0.25, 0.3) is 5.69 Å². The summed E-state index contributed by atoms with van der Waals surface area (Å²) in [5.41, 5.74) is 0.744. The molecule has 0 atom stereocenters. The molecule has 1 aliphatic rings. The fraction of sp³-hybridized carbons (Fsp3) is 0.526. The van der Waals surface area contributed by atoms with E-state index in [9.17, 15) is 8.42 Å². The zero-order chi connectivity index (χ0) is 20.6. The van der Waals surface area contributed by atoms with Crippen LogP contribution in [0.15, 0.2) is 41.6 Å². The molecule has 0 amide bonds. The highest BCUT2D eigenvalue weighted by Crippen LogP contribution is 2.36. The Labute approximate surface area is 167 Å². The van der Waals surface area contributed by atoms with Crippen molar-refractivity contribution in [1.29, 1.82) is 0 Å². The van der Waals surface area contributed by atoms with Crippen LogP contribution in [-0.4, -0.2) is 43.1 Å². The van der Waals surface area contributed by atoms with Gasteiger partial charge in [0.1, 0.15) is 0 Å². The summed E-state index contributed by atoms with van der Waals surface area (Å²) in [6.07, 6.45) is 5.29. The lowest BCUT2D eigenvalue weighted by Gasteiger charge is -2.32. The Morgan fingerprint density at radius 3 is 2.29 bits per heavy atom. The molecular weight excluding hydrogens is 377 g/mol. The summed E-state index contributed by atoms with van der Waals surface area (Å²) in [6.45, 7) is 10.5. The van der Waals surface area contributed by atoms with Crippen LogP contribution in [0, 0.1) is 0 Å². The van der Waals surface area contributed by atoms with Crippen LogP contribution in [0.1, 0.15) is 47.5 Å². The number of unbranched alkanes of at least 4 members (excludes halogenated alkanes) is 1. The first-order valence-electron chi connectivity index (χ1n) is 9.56. The highest BCUT2D eigenvalue weighted by molar-refractivity contribution is 7.89. The molecule has 0 unspecified atom stereocenters. The van der Waals surface area contributed by atoms with Crippen LogP contribution in [0.4, 0.5) is 0 Å². The summed E-state index contributed by atoms with van der Waals surface area (Å²) in [4.78, 5) is 0.241. The molecule has 0 aliphatic carbocycles. The van der Waals surface area contributed by atoms with Crippen LogP contribution in [-0.2, 0) is 19.3 Å². The Morgan fingerprint density at radius 1 is 1.11 bits per heavy atom. The van der Waals surface area contributed by atoms with Gasteiger partial charge in [-0.25, -0.2) is 17.8 Å². The largest absolute Gasteiger partial charge is 0.498 e. The van der Waals surface area contributed by atoms with Gasteiger partial charge in [-0.3, -0.25) is 0 Å². The molecule has 2 heterocycles. The molecule has 1 saturated heterocycles. The van der Waals surface area contributed by atoms with Crippen molar-refractivity contribution in [3.8, 4) is 5.69 Å². The molecule has 1 aliphatic heterocycles. The molecule has 7 nitrogen and oxygen atoms in total. The van der Waals surface area contributed by atoms with E-state index in [-0.39, 0.29) is 4.90 Å². The number of hydrogen-bond donors (Lipinski definition) is 1. The number of hydrogen-bond acceptors (Lipinski definition) is 5. The fourth-order valence-corrected chi connectivity index (χ4v) is 3.90. The van der Waals surface area contributed by atoms with E-state index in [1.54, 1.807) is 35.1 Å². The van der Waals surface area contributed by atoms with E-state index in [1.165, 1.54) is 0 Å². The molecule has 0 radical (unpaired) electrons. The van der Waals surface area contributed by atoms with E-state index in [2.05, 4.69) is 9.82 Å². The van der Waals surface area contributed by atoms with Crippen molar-refractivity contribution in [1.82, 2.24) is 14.5 Å². The first-order chi connectivity index (χ1) is 13.1. The number of aromatic nitrogens is 2. The van der Waals surface area contributed by atoms with Crippen LogP contribution in [0.3, 0.4) is 0 Å². The van der Waals surface area contributed by atoms with Crippen LogP contribution in [0.5, 0.6) is 0 Å². The third-order valence-corrected chi connectivity index (χ3v) is 6.84. The van der Waals surface area contributed by atoms with Crippen molar-refractivity contribution >= 4 is 22.6 Å². The Hall–Kier alpha value is -1.68. The van der Waals surface area contributed by atoms with E-state index in [0.29, 0.717) is 6.54 Å². The topological polar surface area (TPSA) is 82.5 Å². The van der Waals surface area contributed by atoms with Gasteiger partial charge in [0.2, 0.25) is 10.0 Å². The normalized spacial score (nSPS) is 18.5. The molecule has 1 fully saturated rings. The summed E-state index contributed by atoms with van der Waals surface area (Å²) < 4.78 is 41.0. The molecule has 28 heavy (non-hydrogen) atoms. The summed E-state index contributed by atoms with van der Waals surface area (Å²) in [6, 6.07) is 6.63. The minimum atomic E-state index is -3.48. The lowest BCUT2D eigenvalue weighted by molar-refractivity contribution is 0.00578. The molecule has 3 rings (SSSR count). The van der Waals surface area contributed by atoms with Crippen LogP contribution in [0.2, 0.25) is 0 Å². The van der Waals surface area contributed by atoms with Gasteiger partial charge in [0, 0.05) is 24.4 Å². The van der Waals surface area contributed by atoms with E-state index >= 15 is 0 Å². The SMILES string of the molecule is CCCCNS(=O)(=O)c1ccc(-n2cc(B3OC(C)(C)C(C)(C)O3)cn2)cc1. The van der Waals surface area contributed by atoms with Crippen molar-refractivity contribution < 1.29 is 17.7 Å². The highest BCUT2D eigenvalue weighted by Gasteiger charge is 2.52. The summed E-state index contributed by atoms with van der Waals surface area (Å²) in [7, 11) is -3.97. The van der Waals surface area contributed by atoms with Gasteiger partial charge in [-0.15, -0.1) is 0 Å². The number of nitrogens with one attached hydrogen (secondary N) is 1. The van der Waals surface area contributed by atoms with E-state index in [0.717, 1.165) is 24.0 Å². The first-order valence-corrected chi connectivity index (χ1v) is 11.0. The van der Waals surface area contributed by atoms with Crippen molar-refractivity contribution in [2.45, 2.75) is 63.6 Å². The Bertz CT molecular complexity index is 907. The van der Waals surface area contributed by atoms with Crippen molar-refractivity contribution in [3.63, 3.8) is 0 Å². The predicted molar refractivity (Wildman–Crippen MR) is 109 cm³/mol. The number of sulfonamides is 1. The van der Waals surface area contributed by atoms with Crippen molar-refractivity contribution in [3.05, 3.63) is 36.7 Å². The summed E-state index contributed by atoms with van der Waals surface area (Å²) >= 11 is 0. The summed E-state index contributed by atoms with van der Waals surface area (Å²) in [5, 5.41) is 4.37. The average molecular weight is 405 g/mol. The smallest absolute Gasteiger partial charge is 0.399 e. The fourth-order valence-electron chi connectivity index (χ4n) is 2.82. The number of benzene rings is 1. The maximum Gasteiger partial charge on any atom is 0.498 e. The standard InChI is InChI=1S/C19H28BN3O4S/c1-6-7-12-22-28(24,25)17-10-8-16(9-11-17)23-14-15(13-21-23)20-26-18(2,3)19(4,5)27-20/h8-11,13-14,22H,6-7,12H2,1-5H3.